The summed E-state index contributed by atoms with van der Waals surface area (Å²) < 4.78 is 4.72. The van der Waals surface area contributed by atoms with Gasteiger partial charge in [0.05, 0.1) is 19.7 Å². The van der Waals surface area contributed by atoms with Gasteiger partial charge < -0.3 is 4.74 Å². The van der Waals surface area contributed by atoms with Crippen LogP contribution in [-0.4, -0.2) is 19.6 Å². The SMILES string of the molecule is COC(=O)CNC1c2ccccc2Cc2ccccc21. The van der Waals surface area contributed by atoms with E-state index in [1.54, 1.807) is 0 Å². The van der Waals surface area contributed by atoms with Crippen LogP contribution in [0.25, 0.3) is 0 Å². The second-order valence-electron chi connectivity index (χ2n) is 4.96. The Morgan fingerprint density at radius 1 is 1.10 bits per heavy atom. The molecule has 3 heteroatoms. The quantitative estimate of drug-likeness (QED) is 0.868. The molecule has 0 aliphatic heterocycles. The molecule has 3 rings (SSSR count). The number of fused-ring (bicyclic) bond motifs is 2. The minimum Gasteiger partial charge on any atom is -0.468 e. The lowest BCUT2D eigenvalue weighted by atomic mass is 9.82. The van der Waals surface area contributed by atoms with E-state index in [0.717, 1.165) is 6.42 Å². The van der Waals surface area contributed by atoms with Gasteiger partial charge in [0.2, 0.25) is 0 Å². The number of hydrogen-bond donors (Lipinski definition) is 1. The maximum atomic E-state index is 11.4. The van der Waals surface area contributed by atoms with Gasteiger partial charge in [-0.1, -0.05) is 48.5 Å². The Morgan fingerprint density at radius 3 is 2.20 bits per heavy atom. The monoisotopic (exact) mass is 267 g/mol. The average molecular weight is 267 g/mol. The Hall–Kier alpha value is -2.13. The van der Waals surface area contributed by atoms with E-state index in [1.807, 2.05) is 12.1 Å². The summed E-state index contributed by atoms with van der Waals surface area (Å²) in [4.78, 5) is 11.4. The lowest BCUT2D eigenvalue weighted by Gasteiger charge is -2.29. The summed E-state index contributed by atoms with van der Waals surface area (Å²) in [5.41, 5.74) is 5.12. The Bertz CT molecular complexity index is 591. The Balaban J connectivity index is 1.97. The molecule has 2 aromatic carbocycles. The number of esters is 1. The lowest BCUT2D eigenvalue weighted by molar-refractivity contribution is -0.139. The minimum atomic E-state index is -0.245. The molecule has 2 aromatic rings. The minimum absolute atomic E-state index is 0.0512. The van der Waals surface area contributed by atoms with Crippen LogP contribution in [0.1, 0.15) is 28.3 Å². The number of methoxy groups -OCH3 is 1. The first-order valence-corrected chi connectivity index (χ1v) is 6.75. The maximum Gasteiger partial charge on any atom is 0.319 e. The number of nitrogens with one attached hydrogen (secondary N) is 1. The summed E-state index contributed by atoms with van der Waals surface area (Å²) >= 11 is 0. The normalized spacial score (nSPS) is 13.4. The third-order valence-electron chi connectivity index (χ3n) is 3.79. The van der Waals surface area contributed by atoms with Crippen molar-refractivity contribution in [3.8, 4) is 0 Å². The van der Waals surface area contributed by atoms with Crippen LogP contribution in [0, 0.1) is 0 Å². The van der Waals surface area contributed by atoms with Crippen LogP contribution in [0.3, 0.4) is 0 Å². The van der Waals surface area contributed by atoms with Gasteiger partial charge in [-0.15, -0.1) is 0 Å². The van der Waals surface area contributed by atoms with Crippen molar-refractivity contribution in [3.63, 3.8) is 0 Å². The molecule has 20 heavy (non-hydrogen) atoms. The molecule has 0 radical (unpaired) electrons. The van der Waals surface area contributed by atoms with Crippen molar-refractivity contribution in [2.24, 2.45) is 0 Å². The number of carbonyl (C=O) groups is 1. The molecule has 3 nitrogen and oxygen atoms in total. The standard InChI is InChI=1S/C17H17NO2/c1-20-16(19)11-18-17-14-8-4-2-6-12(14)10-13-7-3-5-9-15(13)17/h2-9,17-18H,10-11H2,1H3. The van der Waals surface area contributed by atoms with Crippen LogP contribution < -0.4 is 5.32 Å². The Labute approximate surface area is 118 Å². The highest BCUT2D eigenvalue weighted by atomic mass is 16.5. The van der Waals surface area contributed by atoms with E-state index in [1.165, 1.54) is 29.4 Å². The fourth-order valence-corrected chi connectivity index (χ4v) is 2.80. The summed E-state index contributed by atoms with van der Waals surface area (Å²) in [6.07, 6.45) is 0.947. The average Bonchev–Trinajstić information content (AvgIpc) is 2.51. The van der Waals surface area contributed by atoms with E-state index < -0.39 is 0 Å². The molecule has 1 aliphatic rings. The molecule has 0 unspecified atom stereocenters. The third kappa shape index (κ3) is 2.32. The van der Waals surface area contributed by atoms with Crippen LogP contribution in [0.2, 0.25) is 0 Å². The maximum absolute atomic E-state index is 11.4. The van der Waals surface area contributed by atoms with Crippen LogP contribution >= 0.6 is 0 Å². The molecule has 102 valence electrons. The van der Waals surface area contributed by atoms with Crippen LogP contribution in [0.4, 0.5) is 0 Å². The van der Waals surface area contributed by atoms with Gasteiger partial charge in [0.25, 0.3) is 0 Å². The van der Waals surface area contributed by atoms with Crippen molar-refractivity contribution in [2.75, 3.05) is 13.7 Å². The van der Waals surface area contributed by atoms with E-state index in [0.29, 0.717) is 0 Å². The molecule has 0 bridgehead atoms. The van der Waals surface area contributed by atoms with Crippen LogP contribution in [0.5, 0.6) is 0 Å². The Kier molecular flexibility index (Phi) is 3.52. The predicted molar refractivity (Wildman–Crippen MR) is 77.6 cm³/mol. The van der Waals surface area contributed by atoms with E-state index in [9.17, 15) is 4.79 Å². The zero-order valence-electron chi connectivity index (χ0n) is 11.4. The molecular formula is C17H17NO2. The van der Waals surface area contributed by atoms with Gasteiger partial charge in [0, 0.05) is 0 Å². The van der Waals surface area contributed by atoms with Gasteiger partial charge in [-0.2, -0.15) is 0 Å². The Morgan fingerprint density at radius 2 is 1.65 bits per heavy atom. The first-order chi connectivity index (χ1) is 9.79. The fraction of sp³-hybridized carbons (Fsp3) is 0.235. The topological polar surface area (TPSA) is 38.3 Å². The molecule has 0 fully saturated rings. The zero-order valence-corrected chi connectivity index (χ0v) is 11.4. The third-order valence-corrected chi connectivity index (χ3v) is 3.79. The first-order valence-electron chi connectivity index (χ1n) is 6.75. The van der Waals surface area contributed by atoms with Crippen LogP contribution in [-0.2, 0) is 16.0 Å². The number of benzene rings is 2. The summed E-state index contributed by atoms with van der Waals surface area (Å²) in [5, 5.41) is 3.31. The van der Waals surface area contributed by atoms with Crippen molar-refractivity contribution >= 4 is 5.97 Å². The number of rotatable bonds is 3. The van der Waals surface area contributed by atoms with Gasteiger partial charge in [0.1, 0.15) is 0 Å². The second kappa shape index (κ2) is 5.47. The van der Waals surface area contributed by atoms with Crippen molar-refractivity contribution in [1.29, 1.82) is 0 Å². The van der Waals surface area contributed by atoms with Crippen molar-refractivity contribution in [3.05, 3.63) is 70.8 Å². The van der Waals surface area contributed by atoms with Gasteiger partial charge in [-0.05, 0) is 28.7 Å². The second-order valence-corrected chi connectivity index (χ2v) is 4.96. The molecule has 0 heterocycles. The van der Waals surface area contributed by atoms with E-state index >= 15 is 0 Å². The summed E-state index contributed by atoms with van der Waals surface area (Å²) in [5.74, 6) is -0.245. The smallest absolute Gasteiger partial charge is 0.319 e. The van der Waals surface area contributed by atoms with Gasteiger partial charge in [-0.3, -0.25) is 10.1 Å². The van der Waals surface area contributed by atoms with Gasteiger partial charge >= 0.3 is 5.97 Å². The fourth-order valence-electron chi connectivity index (χ4n) is 2.80. The molecule has 0 saturated carbocycles. The highest BCUT2D eigenvalue weighted by Gasteiger charge is 2.24. The van der Waals surface area contributed by atoms with Crippen molar-refractivity contribution < 1.29 is 9.53 Å². The largest absolute Gasteiger partial charge is 0.468 e. The van der Waals surface area contributed by atoms with Crippen molar-refractivity contribution in [1.82, 2.24) is 5.32 Å². The summed E-state index contributed by atoms with van der Waals surface area (Å²) in [6.45, 7) is 0.212. The molecule has 1 N–H and O–H groups in total. The molecule has 0 saturated heterocycles. The van der Waals surface area contributed by atoms with Gasteiger partial charge in [-0.25, -0.2) is 0 Å². The lowest BCUT2D eigenvalue weighted by Crippen LogP contribution is -2.32. The van der Waals surface area contributed by atoms with Crippen molar-refractivity contribution in [2.45, 2.75) is 12.5 Å². The molecular weight excluding hydrogens is 250 g/mol. The highest BCUT2D eigenvalue weighted by molar-refractivity contribution is 5.71. The van der Waals surface area contributed by atoms with E-state index in [4.69, 9.17) is 4.74 Å². The molecule has 1 aliphatic carbocycles. The highest BCUT2D eigenvalue weighted by Crippen LogP contribution is 2.34. The molecule has 0 amide bonds. The van der Waals surface area contributed by atoms with E-state index in [-0.39, 0.29) is 18.6 Å². The summed E-state index contributed by atoms with van der Waals surface area (Å²) in [6, 6.07) is 16.8. The number of carbonyl (C=O) groups excluding carboxylic acids is 1. The van der Waals surface area contributed by atoms with Crippen LogP contribution in [0.15, 0.2) is 48.5 Å². The zero-order chi connectivity index (χ0) is 13.9. The number of ether oxygens (including phenoxy) is 1. The predicted octanol–water partition coefficient (Wildman–Crippen LogP) is 2.44. The molecule has 0 atom stereocenters. The van der Waals surface area contributed by atoms with Gasteiger partial charge in [0.15, 0.2) is 0 Å². The molecule has 0 spiro atoms. The first kappa shape index (κ1) is 12.9. The number of hydrogen-bond acceptors (Lipinski definition) is 3. The summed E-state index contributed by atoms with van der Waals surface area (Å²) in [7, 11) is 1.41. The molecule has 0 aromatic heterocycles. The van der Waals surface area contributed by atoms with E-state index in [2.05, 4.69) is 41.7 Å².